The monoisotopic (exact) mass is 413 g/mol. The quantitative estimate of drug-likeness (QED) is 0.407. The fourth-order valence-corrected chi connectivity index (χ4v) is 3.93. The Morgan fingerprint density at radius 1 is 1.14 bits per heavy atom. The van der Waals surface area contributed by atoms with Gasteiger partial charge < -0.3 is 14.5 Å². The number of carbonyl (C=O) groups excluding carboxylic acids is 1. The van der Waals surface area contributed by atoms with E-state index in [1.165, 1.54) is 11.8 Å². The van der Waals surface area contributed by atoms with E-state index in [0.29, 0.717) is 18.4 Å². The number of aromatic nitrogens is 2. The Balaban J connectivity index is 1.75. The Bertz CT molecular complexity index is 966. The first kappa shape index (κ1) is 21.2. The van der Waals surface area contributed by atoms with E-state index >= 15 is 0 Å². The first-order valence-corrected chi connectivity index (χ1v) is 10.7. The van der Waals surface area contributed by atoms with Gasteiger partial charge in [-0.05, 0) is 51.0 Å². The van der Waals surface area contributed by atoms with Crippen molar-refractivity contribution < 1.29 is 14.3 Å². The summed E-state index contributed by atoms with van der Waals surface area (Å²) in [4.78, 5) is 22.6. The Hall–Kier alpha value is -2.51. The highest BCUT2D eigenvalue weighted by Crippen LogP contribution is 2.27. The van der Waals surface area contributed by atoms with Gasteiger partial charge in [0.2, 0.25) is 5.91 Å². The number of nitrogens with one attached hydrogen (secondary N) is 1. The molecule has 3 aromatic rings. The third-order valence-corrected chi connectivity index (χ3v) is 5.37. The van der Waals surface area contributed by atoms with Gasteiger partial charge in [0, 0.05) is 12.7 Å². The van der Waals surface area contributed by atoms with E-state index in [1.54, 1.807) is 4.90 Å². The normalized spacial score (nSPS) is 11.0. The zero-order valence-corrected chi connectivity index (χ0v) is 18.1. The lowest BCUT2D eigenvalue weighted by atomic mass is 10.1. The highest BCUT2D eigenvalue weighted by atomic mass is 32.2. The molecule has 0 saturated carbocycles. The number of aryl methyl sites for hydroxylation is 2. The van der Waals surface area contributed by atoms with E-state index in [1.807, 2.05) is 64.1 Å². The third-order valence-electron chi connectivity index (χ3n) is 4.51. The molecule has 1 amide bonds. The summed E-state index contributed by atoms with van der Waals surface area (Å²) < 4.78 is 11.1. The molecule has 0 saturated heterocycles. The van der Waals surface area contributed by atoms with Crippen molar-refractivity contribution in [2.24, 2.45) is 0 Å². The molecule has 29 heavy (non-hydrogen) atoms. The van der Waals surface area contributed by atoms with Crippen LogP contribution in [0.1, 0.15) is 25.0 Å². The molecule has 154 valence electrons. The molecule has 3 rings (SSSR count). The van der Waals surface area contributed by atoms with Crippen molar-refractivity contribution >= 4 is 34.4 Å². The molecule has 0 bridgehead atoms. The zero-order chi connectivity index (χ0) is 20.8. The number of anilines is 1. The maximum Gasteiger partial charge on any atom is 0.239 e. The van der Waals surface area contributed by atoms with Gasteiger partial charge in [-0.1, -0.05) is 30.0 Å². The van der Waals surface area contributed by atoms with E-state index in [0.717, 1.165) is 33.6 Å². The van der Waals surface area contributed by atoms with Crippen LogP contribution in [0.5, 0.6) is 5.75 Å². The van der Waals surface area contributed by atoms with E-state index in [-0.39, 0.29) is 18.4 Å². The standard InChI is InChI=1S/C22H27N3O3S/c1-5-27-14-25(21-15(3)8-7-9-16(21)4)20(26)13-29-22-23-18-11-10-17(28-6-2)12-19(18)24-22/h7-12H,5-6,13-14H2,1-4H3,(H,23,24). The van der Waals surface area contributed by atoms with Gasteiger partial charge >= 0.3 is 0 Å². The average molecular weight is 414 g/mol. The molecule has 0 fully saturated rings. The number of carbonyl (C=O) groups is 1. The fourth-order valence-electron chi connectivity index (χ4n) is 3.17. The Morgan fingerprint density at radius 2 is 1.90 bits per heavy atom. The zero-order valence-electron chi connectivity index (χ0n) is 17.3. The van der Waals surface area contributed by atoms with E-state index in [2.05, 4.69) is 9.97 Å². The number of amides is 1. The molecule has 2 aromatic carbocycles. The Morgan fingerprint density at radius 3 is 2.59 bits per heavy atom. The van der Waals surface area contributed by atoms with Crippen LogP contribution in [-0.2, 0) is 9.53 Å². The minimum Gasteiger partial charge on any atom is -0.494 e. The number of para-hydroxylation sites is 1. The molecule has 6 nitrogen and oxygen atoms in total. The molecule has 7 heteroatoms. The molecule has 0 atom stereocenters. The van der Waals surface area contributed by atoms with Crippen molar-refractivity contribution in [1.29, 1.82) is 0 Å². The first-order chi connectivity index (χ1) is 14.0. The second-order valence-corrected chi connectivity index (χ2v) is 7.59. The molecule has 0 unspecified atom stereocenters. The van der Waals surface area contributed by atoms with E-state index in [4.69, 9.17) is 9.47 Å². The summed E-state index contributed by atoms with van der Waals surface area (Å²) in [7, 11) is 0. The van der Waals surface area contributed by atoms with Gasteiger partial charge in [-0.2, -0.15) is 0 Å². The summed E-state index contributed by atoms with van der Waals surface area (Å²) in [5.74, 6) is 1.05. The Kier molecular flexibility index (Phi) is 7.17. The van der Waals surface area contributed by atoms with Crippen molar-refractivity contribution in [3.63, 3.8) is 0 Å². The molecule has 1 aromatic heterocycles. The van der Waals surface area contributed by atoms with Crippen LogP contribution >= 0.6 is 11.8 Å². The second-order valence-electron chi connectivity index (χ2n) is 6.63. The summed E-state index contributed by atoms with van der Waals surface area (Å²) >= 11 is 1.39. The van der Waals surface area contributed by atoms with Crippen LogP contribution in [0.25, 0.3) is 11.0 Å². The van der Waals surface area contributed by atoms with E-state index in [9.17, 15) is 4.79 Å². The van der Waals surface area contributed by atoms with Gasteiger partial charge in [0.1, 0.15) is 12.5 Å². The average Bonchev–Trinajstić information content (AvgIpc) is 3.11. The van der Waals surface area contributed by atoms with Crippen molar-refractivity contribution in [3.8, 4) is 5.75 Å². The largest absolute Gasteiger partial charge is 0.494 e. The molecular formula is C22H27N3O3S. The second kappa shape index (κ2) is 9.80. The molecular weight excluding hydrogens is 386 g/mol. The molecule has 1 N–H and O–H groups in total. The highest BCUT2D eigenvalue weighted by molar-refractivity contribution is 7.99. The molecule has 1 heterocycles. The van der Waals surface area contributed by atoms with Crippen LogP contribution in [0.4, 0.5) is 5.69 Å². The van der Waals surface area contributed by atoms with Crippen LogP contribution in [0.2, 0.25) is 0 Å². The number of ether oxygens (including phenoxy) is 2. The van der Waals surface area contributed by atoms with Crippen LogP contribution in [0.15, 0.2) is 41.6 Å². The smallest absolute Gasteiger partial charge is 0.239 e. The first-order valence-electron chi connectivity index (χ1n) is 9.73. The number of H-pyrrole nitrogens is 1. The topological polar surface area (TPSA) is 67.4 Å². The van der Waals surface area contributed by atoms with Crippen molar-refractivity contribution in [2.45, 2.75) is 32.9 Å². The third kappa shape index (κ3) is 5.10. The maximum atomic E-state index is 13.0. The summed E-state index contributed by atoms with van der Waals surface area (Å²) in [6.45, 7) is 9.30. The predicted octanol–water partition coefficient (Wildman–Crippen LogP) is 4.70. The summed E-state index contributed by atoms with van der Waals surface area (Å²) in [6.07, 6.45) is 0. The molecule has 0 radical (unpaired) electrons. The Labute approximate surface area is 175 Å². The van der Waals surface area contributed by atoms with Crippen molar-refractivity contribution in [2.75, 3.05) is 30.6 Å². The van der Waals surface area contributed by atoms with Gasteiger partial charge in [-0.15, -0.1) is 0 Å². The number of benzene rings is 2. The van der Waals surface area contributed by atoms with Crippen LogP contribution in [-0.4, -0.2) is 41.6 Å². The molecule has 0 aliphatic rings. The van der Waals surface area contributed by atoms with Crippen molar-refractivity contribution in [3.05, 3.63) is 47.5 Å². The summed E-state index contributed by atoms with van der Waals surface area (Å²) in [6, 6.07) is 11.8. The number of rotatable bonds is 9. The number of fused-ring (bicyclic) bond motifs is 1. The lowest BCUT2D eigenvalue weighted by Crippen LogP contribution is -2.35. The van der Waals surface area contributed by atoms with Gasteiger partial charge in [0.05, 0.1) is 29.1 Å². The molecule has 0 spiro atoms. The molecule has 0 aliphatic heterocycles. The minimum absolute atomic E-state index is 0.0173. The SMILES string of the molecule is CCOCN(C(=O)CSc1nc2ccc(OCC)cc2[nH]1)c1c(C)cccc1C. The van der Waals surface area contributed by atoms with Crippen LogP contribution in [0, 0.1) is 13.8 Å². The molecule has 0 aliphatic carbocycles. The minimum atomic E-state index is -0.0173. The predicted molar refractivity (Wildman–Crippen MR) is 118 cm³/mol. The number of hydrogen-bond acceptors (Lipinski definition) is 5. The lowest BCUT2D eigenvalue weighted by molar-refractivity contribution is -0.117. The number of imidazole rings is 1. The summed E-state index contributed by atoms with van der Waals surface area (Å²) in [5.41, 5.74) is 4.76. The van der Waals surface area contributed by atoms with Gasteiger partial charge in [-0.3, -0.25) is 9.69 Å². The van der Waals surface area contributed by atoms with Gasteiger partial charge in [-0.25, -0.2) is 4.98 Å². The fraction of sp³-hybridized carbons (Fsp3) is 0.364. The number of thioether (sulfide) groups is 1. The highest BCUT2D eigenvalue weighted by Gasteiger charge is 2.20. The number of hydrogen-bond donors (Lipinski definition) is 1. The van der Waals surface area contributed by atoms with Crippen LogP contribution < -0.4 is 9.64 Å². The number of aromatic amines is 1. The van der Waals surface area contributed by atoms with Gasteiger partial charge in [0.25, 0.3) is 0 Å². The van der Waals surface area contributed by atoms with Crippen LogP contribution in [0.3, 0.4) is 0 Å². The van der Waals surface area contributed by atoms with Gasteiger partial charge in [0.15, 0.2) is 5.16 Å². The van der Waals surface area contributed by atoms with Crippen molar-refractivity contribution in [1.82, 2.24) is 9.97 Å². The van der Waals surface area contributed by atoms with E-state index < -0.39 is 0 Å². The summed E-state index contributed by atoms with van der Waals surface area (Å²) in [5, 5.41) is 0.708. The number of nitrogens with zero attached hydrogens (tertiary/aromatic N) is 2. The maximum absolute atomic E-state index is 13.0. The lowest BCUT2D eigenvalue weighted by Gasteiger charge is -2.25.